The van der Waals surface area contributed by atoms with E-state index < -0.39 is 0 Å². The molecule has 8 atom stereocenters. The van der Waals surface area contributed by atoms with Gasteiger partial charge in [0, 0.05) is 19.4 Å². The summed E-state index contributed by atoms with van der Waals surface area (Å²) in [4.78, 5) is 14.5. The van der Waals surface area contributed by atoms with E-state index in [-0.39, 0.29) is 0 Å². The van der Waals surface area contributed by atoms with E-state index >= 15 is 0 Å². The fraction of sp³-hybridized carbons (Fsp3) is 0.964. The second-order valence-electron chi connectivity index (χ2n) is 12.7. The third-order valence-electron chi connectivity index (χ3n) is 11.1. The molecule has 0 saturated heterocycles. The van der Waals surface area contributed by atoms with Gasteiger partial charge in [-0.05, 0) is 118 Å². The SMILES string of the molecule is C[C@H](CCC(=O)CCN(C)C)[C@H]1CC[C@H]2[C@@H]3CCC4CCCC[C@]4(C)[C@H]3CC[C@]12C. The summed E-state index contributed by atoms with van der Waals surface area (Å²) in [6.07, 6.45) is 17.6. The molecule has 0 aromatic heterocycles. The smallest absolute Gasteiger partial charge is 0.134 e. The molecule has 0 amide bonds. The average molecular weight is 416 g/mol. The lowest BCUT2D eigenvalue weighted by molar-refractivity contribution is -0.120. The molecule has 4 fully saturated rings. The molecule has 0 spiro atoms. The van der Waals surface area contributed by atoms with Crippen LogP contribution in [0, 0.1) is 46.3 Å². The highest BCUT2D eigenvalue weighted by Gasteiger charge is 2.60. The maximum atomic E-state index is 12.4. The van der Waals surface area contributed by atoms with Crippen LogP contribution >= 0.6 is 0 Å². The predicted octanol–water partition coefficient (Wildman–Crippen LogP) is 6.97. The Morgan fingerprint density at radius 2 is 1.67 bits per heavy atom. The van der Waals surface area contributed by atoms with Crippen molar-refractivity contribution in [2.45, 2.75) is 104 Å². The van der Waals surface area contributed by atoms with Crippen LogP contribution in [0.3, 0.4) is 0 Å². The van der Waals surface area contributed by atoms with Crippen LogP contribution in [0.25, 0.3) is 0 Å². The van der Waals surface area contributed by atoms with Crippen molar-refractivity contribution >= 4 is 5.78 Å². The maximum absolute atomic E-state index is 12.4. The third kappa shape index (κ3) is 4.04. The zero-order valence-electron chi connectivity index (χ0n) is 20.7. The van der Waals surface area contributed by atoms with Gasteiger partial charge in [0.2, 0.25) is 0 Å². The van der Waals surface area contributed by atoms with Crippen molar-refractivity contribution in [2.24, 2.45) is 46.3 Å². The Hall–Kier alpha value is -0.370. The molecule has 0 heterocycles. The number of rotatable bonds is 7. The van der Waals surface area contributed by atoms with Crippen molar-refractivity contribution in [3.8, 4) is 0 Å². The van der Waals surface area contributed by atoms with Crippen LogP contribution in [0.15, 0.2) is 0 Å². The van der Waals surface area contributed by atoms with Crippen molar-refractivity contribution in [3.63, 3.8) is 0 Å². The van der Waals surface area contributed by atoms with Crippen molar-refractivity contribution in [3.05, 3.63) is 0 Å². The minimum atomic E-state index is 0.475. The van der Waals surface area contributed by atoms with Gasteiger partial charge in [-0.3, -0.25) is 4.79 Å². The second kappa shape index (κ2) is 8.87. The molecule has 4 aliphatic rings. The molecule has 4 saturated carbocycles. The molecule has 0 N–H and O–H groups in total. The number of hydrogen-bond acceptors (Lipinski definition) is 2. The summed E-state index contributed by atoms with van der Waals surface area (Å²) in [7, 11) is 4.12. The number of nitrogens with zero attached hydrogens (tertiary/aromatic N) is 1. The standard InChI is InChI=1S/C28H49NO/c1-20(9-11-22(30)16-19-29(4)5)24-13-14-25-23-12-10-21-8-6-7-17-27(21,2)26(23)15-18-28(24,25)3/h20-21,23-26H,6-19H2,1-5H3/t20-,21?,23+,24-,25+,26+,27+,28-/m1/s1. The Labute approximate surface area is 186 Å². The van der Waals surface area contributed by atoms with Crippen molar-refractivity contribution in [2.75, 3.05) is 20.6 Å². The van der Waals surface area contributed by atoms with Gasteiger partial charge in [0.25, 0.3) is 0 Å². The summed E-state index contributed by atoms with van der Waals surface area (Å²) in [6.45, 7) is 8.75. The van der Waals surface area contributed by atoms with E-state index in [1.807, 2.05) is 0 Å². The van der Waals surface area contributed by atoms with Crippen LogP contribution in [-0.2, 0) is 4.79 Å². The van der Waals surface area contributed by atoms with Gasteiger partial charge in [-0.25, -0.2) is 0 Å². The molecule has 1 unspecified atom stereocenters. The third-order valence-corrected chi connectivity index (χ3v) is 11.1. The molecule has 0 aliphatic heterocycles. The Morgan fingerprint density at radius 1 is 0.900 bits per heavy atom. The van der Waals surface area contributed by atoms with Gasteiger partial charge >= 0.3 is 0 Å². The fourth-order valence-electron chi connectivity index (χ4n) is 9.33. The van der Waals surface area contributed by atoms with Crippen molar-refractivity contribution in [1.82, 2.24) is 4.90 Å². The molecular weight excluding hydrogens is 366 g/mol. The maximum Gasteiger partial charge on any atom is 0.134 e. The van der Waals surface area contributed by atoms with Gasteiger partial charge in [0.1, 0.15) is 5.78 Å². The van der Waals surface area contributed by atoms with E-state index in [9.17, 15) is 4.79 Å². The largest absolute Gasteiger partial charge is 0.309 e. The zero-order valence-corrected chi connectivity index (χ0v) is 20.7. The Morgan fingerprint density at radius 3 is 2.43 bits per heavy atom. The highest BCUT2D eigenvalue weighted by Crippen LogP contribution is 2.68. The Bertz CT molecular complexity index is 614. The average Bonchev–Trinajstić information content (AvgIpc) is 3.07. The quantitative estimate of drug-likeness (QED) is 0.447. The van der Waals surface area contributed by atoms with E-state index in [1.165, 1.54) is 64.2 Å². The second-order valence-corrected chi connectivity index (χ2v) is 12.7. The summed E-state index contributed by atoms with van der Waals surface area (Å²) in [6, 6.07) is 0. The lowest BCUT2D eigenvalue weighted by atomic mass is 9.44. The van der Waals surface area contributed by atoms with Gasteiger partial charge in [0.15, 0.2) is 0 Å². The molecule has 4 aliphatic carbocycles. The monoisotopic (exact) mass is 415 g/mol. The molecule has 172 valence electrons. The van der Waals surface area contributed by atoms with E-state index in [2.05, 4.69) is 39.8 Å². The summed E-state index contributed by atoms with van der Waals surface area (Å²) >= 11 is 0. The van der Waals surface area contributed by atoms with E-state index in [4.69, 9.17) is 0 Å². The predicted molar refractivity (Wildman–Crippen MR) is 126 cm³/mol. The Kier molecular flexibility index (Phi) is 6.75. The number of Topliss-reactive ketones (excluding diaryl/α,β-unsaturated/α-hetero) is 1. The number of carbonyl (C=O) groups excluding carboxylic acids is 1. The van der Waals surface area contributed by atoms with Crippen LogP contribution < -0.4 is 0 Å². The molecule has 0 radical (unpaired) electrons. The van der Waals surface area contributed by atoms with Gasteiger partial charge in [0.05, 0.1) is 0 Å². The molecule has 30 heavy (non-hydrogen) atoms. The summed E-state index contributed by atoms with van der Waals surface area (Å²) in [5, 5.41) is 0. The van der Waals surface area contributed by atoms with Crippen LogP contribution in [-0.4, -0.2) is 31.3 Å². The highest BCUT2D eigenvalue weighted by molar-refractivity contribution is 5.78. The number of carbonyl (C=O) groups is 1. The summed E-state index contributed by atoms with van der Waals surface area (Å²) < 4.78 is 0. The normalized spacial score (nSPS) is 44.3. The fourth-order valence-corrected chi connectivity index (χ4v) is 9.33. The lowest BCUT2D eigenvalue weighted by Gasteiger charge is -2.61. The van der Waals surface area contributed by atoms with Crippen molar-refractivity contribution in [1.29, 1.82) is 0 Å². The molecule has 4 rings (SSSR count). The van der Waals surface area contributed by atoms with Gasteiger partial charge in [-0.2, -0.15) is 0 Å². The topological polar surface area (TPSA) is 20.3 Å². The molecule has 0 aromatic carbocycles. The van der Waals surface area contributed by atoms with Crippen LogP contribution in [0.1, 0.15) is 104 Å². The highest BCUT2D eigenvalue weighted by atomic mass is 16.1. The Balaban J connectivity index is 1.39. The zero-order chi connectivity index (χ0) is 21.5. The minimum absolute atomic E-state index is 0.475. The van der Waals surface area contributed by atoms with Crippen LogP contribution in [0.2, 0.25) is 0 Å². The summed E-state index contributed by atoms with van der Waals surface area (Å²) in [5.41, 5.74) is 1.20. The van der Waals surface area contributed by atoms with Crippen LogP contribution in [0.5, 0.6) is 0 Å². The molecule has 0 aromatic rings. The molecule has 0 bridgehead atoms. The van der Waals surface area contributed by atoms with E-state index in [0.717, 1.165) is 55.4 Å². The van der Waals surface area contributed by atoms with Crippen molar-refractivity contribution < 1.29 is 4.79 Å². The lowest BCUT2D eigenvalue weighted by Crippen LogP contribution is -2.53. The van der Waals surface area contributed by atoms with Gasteiger partial charge in [-0.1, -0.05) is 33.6 Å². The molecule has 2 heteroatoms. The first-order chi connectivity index (χ1) is 14.3. The summed E-state index contributed by atoms with van der Waals surface area (Å²) in [5.74, 6) is 6.04. The molecular formula is C28H49NO. The first-order valence-electron chi connectivity index (χ1n) is 13.4. The first-order valence-corrected chi connectivity index (χ1v) is 13.4. The van der Waals surface area contributed by atoms with Gasteiger partial charge < -0.3 is 4.90 Å². The van der Waals surface area contributed by atoms with Gasteiger partial charge in [-0.15, -0.1) is 0 Å². The first kappa shape index (κ1) is 22.8. The van der Waals surface area contributed by atoms with E-state index in [1.54, 1.807) is 0 Å². The number of ketones is 1. The van der Waals surface area contributed by atoms with Crippen LogP contribution in [0.4, 0.5) is 0 Å². The minimum Gasteiger partial charge on any atom is -0.309 e. The number of fused-ring (bicyclic) bond motifs is 5. The van der Waals surface area contributed by atoms with E-state index in [0.29, 0.717) is 22.5 Å². The molecule has 2 nitrogen and oxygen atoms in total. The number of hydrogen-bond donors (Lipinski definition) is 0.